The van der Waals surface area contributed by atoms with Gasteiger partial charge in [0.1, 0.15) is 17.1 Å². The zero-order valence-electron chi connectivity index (χ0n) is 21.1. The number of aryl methyl sites for hydroxylation is 1. The fraction of sp³-hybridized carbons (Fsp3) is 0.286. The zero-order chi connectivity index (χ0) is 26.9. The van der Waals surface area contributed by atoms with Gasteiger partial charge in [-0.3, -0.25) is 9.69 Å². The normalized spacial score (nSPS) is 15.0. The first-order valence-corrected chi connectivity index (χ1v) is 14.6. The maximum atomic E-state index is 13.9. The number of hydrogen-bond acceptors (Lipinski definition) is 6. The first-order valence-electron chi connectivity index (χ1n) is 12.3. The lowest BCUT2D eigenvalue weighted by Gasteiger charge is -2.33. The zero-order valence-corrected chi connectivity index (χ0v) is 22.8. The SMILES string of the molecule is COc1ccc(C)c2sc(N(Cc3ccccc3)C(=O)C3CCN(S(=O)(=O)c4ccc(F)cc4)CC3)nc12. The summed E-state index contributed by atoms with van der Waals surface area (Å²) < 4.78 is 47.3. The summed E-state index contributed by atoms with van der Waals surface area (Å²) in [7, 11) is -2.16. The maximum absolute atomic E-state index is 13.9. The van der Waals surface area contributed by atoms with Crippen LogP contribution in [0, 0.1) is 18.7 Å². The molecule has 198 valence electrons. The minimum absolute atomic E-state index is 0.0492. The first kappa shape index (κ1) is 26.3. The Bertz CT molecular complexity index is 1550. The van der Waals surface area contributed by atoms with Crippen LogP contribution in [0.15, 0.2) is 71.6 Å². The summed E-state index contributed by atoms with van der Waals surface area (Å²) in [6, 6.07) is 18.4. The molecule has 4 aromatic rings. The van der Waals surface area contributed by atoms with Crippen molar-refractivity contribution < 1.29 is 22.3 Å². The van der Waals surface area contributed by atoms with E-state index in [9.17, 15) is 17.6 Å². The van der Waals surface area contributed by atoms with Gasteiger partial charge in [0.05, 0.1) is 23.2 Å². The fourth-order valence-corrected chi connectivity index (χ4v) is 7.23. The number of piperidine rings is 1. The summed E-state index contributed by atoms with van der Waals surface area (Å²) in [6.07, 6.45) is 0.773. The van der Waals surface area contributed by atoms with Crippen molar-refractivity contribution in [3.8, 4) is 5.75 Å². The van der Waals surface area contributed by atoms with Crippen LogP contribution in [0.5, 0.6) is 5.75 Å². The third kappa shape index (κ3) is 5.16. The van der Waals surface area contributed by atoms with Crippen molar-refractivity contribution in [2.45, 2.75) is 31.2 Å². The van der Waals surface area contributed by atoms with E-state index in [0.717, 1.165) is 33.5 Å². The van der Waals surface area contributed by atoms with Gasteiger partial charge in [0, 0.05) is 19.0 Å². The summed E-state index contributed by atoms with van der Waals surface area (Å²) in [6.45, 7) is 2.78. The fourth-order valence-electron chi connectivity index (χ4n) is 4.70. The smallest absolute Gasteiger partial charge is 0.243 e. The number of thiazole rings is 1. The molecule has 0 unspecified atom stereocenters. The quantitative estimate of drug-likeness (QED) is 0.307. The number of ether oxygens (including phenoxy) is 1. The second-order valence-electron chi connectivity index (χ2n) is 9.30. The molecule has 1 saturated heterocycles. The molecule has 3 aromatic carbocycles. The summed E-state index contributed by atoms with van der Waals surface area (Å²) in [5, 5.41) is 0.586. The third-order valence-corrected chi connectivity index (χ3v) is 9.97. The Morgan fingerprint density at radius 1 is 1.08 bits per heavy atom. The number of hydrogen-bond donors (Lipinski definition) is 0. The largest absolute Gasteiger partial charge is 0.494 e. The van der Waals surface area contributed by atoms with Gasteiger partial charge >= 0.3 is 0 Å². The Kier molecular flexibility index (Phi) is 7.47. The number of fused-ring (bicyclic) bond motifs is 1. The molecule has 1 aromatic heterocycles. The highest BCUT2D eigenvalue weighted by Crippen LogP contribution is 2.38. The first-order chi connectivity index (χ1) is 18.3. The Labute approximate surface area is 225 Å². The van der Waals surface area contributed by atoms with Gasteiger partial charge in [0.15, 0.2) is 5.13 Å². The number of nitrogens with zero attached hydrogens (tertiary/aromatic N) is 3. The molecular formula is C28H28FN3O4S2. The molecule has 1 aliphatic heterocycles. The summed E-state index contributed by atoms with van der Waals surface area (Å²) in [4.78, 5) is 20.5. The maximum Gasteiger partial charge on any atom is 0.243 e. The van der Waals surface area contributed by atoms with Crippen LogP contribution < -0.4 is 9.64 Å². The van der Waals surface area contributed by atoms with E-state index in [1.165, 1.54) is 27.8 Å². The molecule has 0 radical (unpaired) electrons. The molecule has 0 atom stereocenters. The van der Waals surface area contributed by atoms with Crippen LogP contribution in [-0.4, -0.2) is 43.8 Å². The van der Waals surface area contributed by atoms with Gasteiger partial charge in [-0.15, -0.1) is 0 Å². The molecule has 1 fully saturated rings. The van der Waals surface area contributed by atoms with Gasteiger partial charge in [-0.25, -0.2) is 17.8 Å². The monoisotopic (exact) mass is 553 g/mol. The van der Waals surface area contributed by atoms with E-state index in [0.29, 0.717) is 30.3 Å². The molecule has 0 bridgehead atoms. The van der Waals surface area contributed by atoms with Gasteiger partial charge in [-0.05, 0) is 61.2 Å². The number of carbonyl (C=O) groups is 1. The molecule has 0 aliphatic carbocycles. The number of halogens is 1. The summed E-state index contributed by atoms with van der Waals surface area (Å²) in [5.74, 6) is -0.273. The van der Waals surface area contributed by atoms with E-state index in [2.05, 4.69) is 0 Å². The lowest BCUT2D eigenvalue weighted by atomic mass is 9.96. The molecule has 1 aliphatic rings. The van der Waals surface area contributed by atoms with Crippen molar-refractivity contribution in [3.05, 3.63) is 83.7 Å². The molecule has 0 spiro atoms. The number of methoxy groups -OCH3 is 1. The minimum Gasteiger partial charge on any atom is -0.494 e. The minimum atomic E-state index is -3.76. The Hall–Kier alpha value is -3.34. The van der Waals surface area contributed by atoms with Crippen LogP contribution in [-0.2, 0) is 21.4 Å². The number of benzene rings is 3. The molecular weight excluding hydrogens is 525 g/mol. The van der Waals surface area contributed by atoms with Gasteiger partial charge in [0.2, 0.25) is 15.9 Å². The van der Waals surface area contributed by atoms with Crippen molar-refractivity contribution in [1.29, 1.82) is 0 Å². The third-order valence-electron chi connectivity index (χ3n) is 6.85. The van der Waals surface area contributed by atoms with E-state index in [1.54, 1.807) is 12.0 Å². The topological polar surface area (TPSA) is 79.8 Å². The number of sulfonamides is 1. The van der Waals surface area contributed by atoms with Crippen molar-refractivity contribution in [3.63, 3.8) is 0 Å². The van der Waals surface area contributed by atoms with Crippen LogP contribution in [0.3, 0.4) is 0 Å². The molecule has 0 saturated carbocycles. The van der Waals surface area contributed by atoms with Crippen molar-refractivity contribution in [2.75, 3.05) is 25.1 Å². The van der Waals surface area contributed by atoms with Crippen LogP contribution >= 0.6 is 11.3 Å². The molecule has 2 heterocycles. The number of amides is 1. The molecule has 38 heavy (non-hydrogen) atoms. The van der Waals surface area contributed by atoms with E-state index in [4.69, 9.17) is 9.72 Å². The van der Waals surface area contributed by atoms with Crippen LogP contribution in [0.2, 0.25) is 0 Å². The van der Waals surface area contributed by atoms with Crippen molar-refractivity contribution in [1.82, 2.24) is 9.29 Å². The highest BCUT2D eigenvalue weighted by Gasteiger charge is 2.35. The van der Waals surface area contributed by atoms with E-state index in [-0.39, 0.29) is 29.8 Å². The Morgan fingerprint density at radius 2 is 1.76 bits per heavy atom. The second kappa shape index (κ2) is 10.8. The lowest BCUT2D eigenvalue weighted by molar-refractivity contribution is -0.123. The van der Waals surface area contributed by atoms with Crippen LogP contribution in [0.4, 0.5) is 9.52 Å². The number of rotatable bonds is 7. The van der Waals surface area contributed by atoms with E-state index < -0.39 is 15.8 Å². The van der Waals surface area contributed by atoms with Gasteiger partial charge < -0.3 is 4.74 Å². The summed E-state index contributed by atoms with van der Waals surface area (Å²) >= 11 is 1.45. The van der Waals surface area contributed by atoms with E-state index >= 15 is 0 Å². The van der Waals surface area contributed by atoms with Gasteiger partial charge in [-0.1, -0.05) is 47.7 Å². The standard InChI is InChI=1S/C28H28FN3O4S2/c1-19-8-13-24(36-2)25-26(19)37-28(30-25)32(18-20-6-4-3-5-7-20)27(33)21-14-16-31(17-15-21)38(34,35)23-11-9-22(29)10-12-23/h3-13,21H,14-18H2,1-2H3. The number of aromatic nitrogens is 1. The number of anilines is 1. The number of carbonyl (C=O) groups excluding carboxylic acids is 1. The van der Waals surface area contributed by atoms with Crippen molar-refractivity contribution in [2.24, 2.45) is 5.92 Å². The van der Waals surface area contributed by atoms with Crippen LogP contribution in [0.1, 0.15) is 24.0 Å². The summed E-state index contributed by atoms with van der Waals surface area (Å²) in [5.41, 5.74) is 2.75. The van der Waals surface area contributed by atoms with Gasteiger partial charge in [-0.2, -0.15) is 4.31 Å². The predicted octanol–water partition coefficient (Wildman–Crippen LogP) is 5.39. The lowest BCUT2D eigenvalue weighted by Crippen LogP contribution is -2.44. The van der Waals surface area contributed by atoms with Gasteiger partial charge in [0.25, 0.3) is 0 Å². The predicted molar refractivity (Wildman–Crippen MR) is 146 cm³/mol. The Balaban J connectivity index is 1.40. The van der Waals surface area contributed by atoms with E-state index in [1.807, 2.05) is 49.4 Å². The Morgan fingerprint density at radius 3 is 2.42 bits per heavy atom. The average Bonchev–Trinajstić information content (AvgIpc) is 3.39. The highest BCUT2D eigenvalue weighted by atomic mass is 32.2. The van der Waals surface area contributed by atoms with Crippen LogP contribution in [0.25, 0.3) is 10.2 Å². The highest BCUT2D eigenvalue weighted by molar-refractivity contribution is 7.89. The molecule has 7 nitrogen and oxygen atoms in total. The van der Waals surface area contributed by atoms with Crippen molar-refractivity contribution >= 4 is 42.6 Å². The molecule has 10 heteroatoms. The second-order valence-corrected chi connectivity index (χ2v) is 12.2. The molecule has 0 N–H and O–H groups in total. The average molecular weight is 554 g/mol. The molecule has 5 rings (SSSR count). The molecule has 1 amide bonds.